The summed E-state index contributed by atoms with van der Waals surface area (Å²) in [5.74, 6) is -0.568. The highest BCUT2D eigenvalue weighted by Crippen LogP contribution is 2.32. The Morgan fingerprint density at radius 1 is 0.500 bits per heavy atom. The molecule has 2 aromatic carbocycles. The predicted molar refractivity (Wildman–Crippen MR) is 162 cm³/mol. The van der Waals surface area contributed by atoms with Gasteiger partial charge in [-0.1, -0.05) is 24.3 Å². The summed E-state index contributed by atoms with van der Waals surface area (Å²) in [4.78, 5) is 62.8. The maximum atomic E-state index is 12.2. The minimum Gasteiger partial charge on any atom is -0.393 e. The third-order valence-corrected chi connectivity index (χ3v) is 9.30. The summed E-state index contributed by atoms with van der Waals surface area (Å²) >= 11 is 0. The molecule has 4 amide bonds. The number of rotatable bonds is 2. The molecule has 2 aromatic rings. The standard InChI is InChI=1S/C14H15NO3.C14H13NO3.C6H13NO/c2*16-10-7-5-9(6-8-10)15-13(17)11-3-1-2-4-12(11)14(15)18;7-5-1-3-6(8)4-2-5/h1-4,9-10,16H,5-8H2;1-4,9H,5-8H2;5-6,8H,1-4,7H2. The van der Waals surface area contributed by atoms with Gasteiger partial charge in [-0.05, 0) is 88.5 Å². The fourth-order valence-electron chi connectivity index (χ4n) is 6.68. The van der Waals surface area contributed by atoms with Gasteiger partial charge in [-0.2, -0.15) is 0 Å². The van der Waals surface area contributed by atoms with Crippen LogP contribution in [0.1, 0.15) is 118 Å². The maximum Gasteiger partial charge on any atom is 0.261 e. The molecule has 0 saturated heterocycles. The van der Waals surface area contributed by atoms with Crippen molar-refractivity contribution in [1.82, 2.24) is 9.80 Å². The molecule has 3 fully saturated rings. The summed E-state index contributed by atoms with van der Waals surface area (Å²) < 4.78 is 0. The molecule has 0 bridgehead atoms. The molecule has 234 valence electrons. The van der Waals surface area contributed by atoms with E-state index in [1.165, 1.54) is 9.80 Å². The number of carbonyl (C=O) groups is 5. The van der Waals surface area contributed by atoms with Crippen LogP contribution in [0.25, 0.3) is 0 Å². The molecule has 2 heterocycles. The van der Waals surface area contributed by atoms with Gasteiger partial charge >= 0.3 is 0 Å². The van der Waals surface area contributed by atoms with Crippen LogP contribution >= 0.6 is 0 Å². The minimum absolute atomic E-state index is 0.0548. The van der Waals surface area contributed by atoms with E-state index >= 15 is 0 Å². The lowest BCUT2D eigenvalue weighted by molar-refractivity contribution is -0.121. The highest BCUT2D eigenvalue weighted by molar-refractivity contribution is 6.22. The van der Waals surface area contributed by atoms with Crippen LogP contribution in [0.3, 0.4) is 0 Å². The fraction of sp³-hybridized carbons (Fsp3) is 0.500. The van der Waals surface area contributed by atoms with E-state index in [1.807, 2.05) is 0 Å². The molecular weight excluding hydrogens is 562 g/mol. The summed E-state index contributed by atoms with van der Waals surface area (Å²) in [6.45, 7) is 0. The third-order valence-electron chi connectivity index (χ3n) is 9.30. The normalized spacial score (nSPS) is 26.8. The van der Waals surface area contributed by atoms with E-state index < -0.39 is 0 Å². The Kier molecular flexibility index (Phi) is 10.0. The van der Waals surface area contributed by atoms with E-state index in [0.717, 1.165) is 25.7 Å². The lowest BCUT2D eigenvalue weighted by atomic mass is 9.92. The van der Waals surface area contributed by atoms with Crippen LogP contribution in [0.4, 0.5) is 0 Å². The minimum atomic E-state index is -0.281. The Hall–Kier alpha value is -3.73. The monoisotopic (exact) mass is 603 g/mol. The number of Topliss-reactive ketones (excluding diaryl/α,β-unsaturated/α-hetero) is 1. The summed E-state index contributed by atoms with van der Waals surface area (Å²) in [6, 6.07) is 14.0. The second-order valence-corrected chi connectivity index (χ2v) is 12.4. The quantitative estimate of drug-likeness (QED) is 0.439. The SMILES string of the molecule is NC1CCC(O)CC1.O=C1CCC(N2C(=O)c3ccccc3C2=O)CC1.O=C1c2ccccc2C(=O)N1C1CCC(O)CC1. The highest BCUT2D eigenvalue weighted by Gasteiger charge is 2.41. The van der Waals surface area contributed by atoms with Crippen molar-refractivity contribution in [3.63, 3.8) is 0 Å². The van der Waals surface area contributed by atoms with E-state index in [-0.39, 0.29) is 53.7 Å². The maximum absolute atomic E-state index is 12.2. The molecule has 0 unspecified atom stereocenters. The molecule has 3 aliphatic carbocycles. The van der Waals surface area contributed by atoms with Gasteiger partial charge in [0.15, 0.2) is 0 Å². The number of nitrogens with two attached hydrogens (primary N) is 1. The van der Waals surface area contributed by atoms with Crippen LogP contribution in [0, 0.1) is 0 Å². The number of nitrogens with zero attached hydrogens (tertiary/aromatic N) is 2. The van der Waals surface area contributed by atoms with Crippen molar-refractivity contribution in [2.75, 3.05) is 0 Å². The molecule has 4 N–H and O–H groups in total. The van der Waals surface area contributed by atoms with Gasteiger partial charge in [0.05, 0.1) is 34.5 Å². The summed E-state index contributed by atoms with van der Waals surface area (Å²) in [6.07, 6.45) is 8.34. The molecule has 10 nitrogen and oxygen atoms in total. The van der Waals surface area contributed by atoms with Crippen molar-refractivity contribution in [2.45, 2.75) is 107 Å². The summed E-state index contributed by atoms with van der Waals surface area (Å²) in [7, 11) is 0. The molecule has 7 rings (SSSR count). The molecule has 2 aliphatic heterocycles. The predicted octanol–water partition coefficient (Wildman–Crippen LogP) is 3.63. The van der Waals surface area contributed by atoms with Gasteiger partial charge < -0.3 is 15.9 Å². The van der Waals surface area contributed by atoms with Crippen LogP contribution in [0.2, 0.25) is 0 Å². The van der Waals surface area contributed by atoms with Gasteiger partial charge in [-0.15, -0.1) is 0 Å². The number of fused-ring (bicyclic) bond motifs is 2. The van der Waals surface area contributed by atoms with E-state index in [4.69, 9.17) is 10.8 Å². The first-order valence-electron chi connectivity index (χ1n) is 15.7. The molecule has 5 aliphatic rings. The summed E-state index contributed by atoms with van der Waals surface area (Å²) in [5.41, 5.74) is 7.57. The Morgan fingerprint density at radius 3 is 1.16 bits per heavy atom. The van der Waals surface area contributed by atoms with Gasteiger partial charge in [0.25, 0.3) is 23.6 Å². The number of benzene rings is 2. The molecular formula is C34H41N3O7. The molecule has 0 radical (unpaired) electrons. The Bertz CT molecular complexity index is 1320. The largest absolute Gasteiger partial charge is 0.393 e. The number of hydrogen-bond acceptors (Lipinski definition) is 8. The first-order valence-corrected chi connectivity index (χ1v) is 15.7. The van der Waals surface area contributed by atoms with Crippen molar-refractivity contribution in [3.8, 4) is 0 Å². The smallest absolute Gasteiger partial charge is 0.261 e. The number of ketones is 1. The van der Waals surface area contributed by atoms with E-state index in [0.29, 0.717) is 79.7 Å². The zero-order valence-electron chi connectivity index (χ0n) is 24.9. The number of amides is 4. The zero-order chi connectivity index (χ0) is 31.4. The van der Waals surface area contributed by atoms with Gasteiger partial charge in [0.1, 0.15) is 5.78 Å². The van der Waals surface area contributed by atoms with E-state index in [2.05, 4.69) is 0 Å². The van der Waals surface area contributed by atoms with Crippen LogP contribution in [0.5, 0.6) is 0 Å². The highest BCUT2D eigenvalue weighted by atomic mass is 16.3. The zero-order valence-corrected chi connectivity index (χ0v) is 24.9. The van der Waals surface area contributed by atoms with Crippen molar-refractivity contribution in [3.05, 3.63) is 70.8 Å². The van der Waals surface area contributed by atoms with Crippen LogP contribution < -0.4 is 5.73 Å². The average Bonchev–Trinajstić information content (AvgIpc) is 3.45. The lowest BCUT2D eigenvalue weighted by Gasteiger charge is -2.31. The number of hydrogen-bond donors (Lipinski definition) is 3. The number of aliphatic hydroxyl groups is 2. The third kappa shape index (κ3) is 6.82. The first kappa shape index (κ1) is 31.7. The molecule has 44 heavy (non-hydrogen) atoms. The lowest BCUT2D eigenvalue weighted by Crippen LogP contribution is -2.42. The first-order chi connectivity index (χ1) is 21.2. The van der Waals surface area contributed by atoms with Crippen molar-refractivity contribution in [2.24, 2.45) is 5.73 Å². The number of aliphatic hydroxyl groups excluding tert-OH is 2. The molecule has 0 spiro atoms. The summed E-state index contributed by atoms with van der Waals surface area (Å²) in [5, 5.41) is 18.5. The van der Waals surface area contributed by atoms with Crippen LogP contribution in [-0.2, 0) is 4.79 Å². The Labute approximate surface area is 257 Å². The van der Waals surface area contributed by atoms with Crippen molar-refractivity contribution in [1.29, 1.82) is 0 Å². The van der Waals surface area contributed by atoms with Crippen molar-refractivity contribution >= 4 is 29.4 Å². The topological polar surface area (TPSA) is 158 Å². The Balaban J connectivity index is 0.000000141. The van der Waals surface area contributed by atoms with E-state index in [1.54, 1.807) is 48.5 Å². The number of imide groups is 2. The van der Waals surface area contributed by atoms with Crippen LogP contribution in [0.15, 0.2) is 48.5 Å². The van der Waals surface area contributed by atoms with Gasteiger partial charge in [0.2, 0.25) is 0 Å². The second-order valence-electron chi connectivity index (χ2n) is 12.4. The average molecular weight is 604 g/mol. The van der Waals surface area contributed by atoms with Gasteiger partial charge in [0, 0.05) is 31.0 Å². The number of carbonyl (C=O) groups excluding carboxylic acids is 5. The fourth-order valence-corrected chi connectivity index (χ4v) is 6.68. The molecule has 3 saturated carbocycles. The molecule has 10 heteroatoms. The second kappa shape index (κ2) is 13.9. The van der Waals surface area contributed by atoms with E-state index in [9.17, 15) is 29.1 Å². The Morgan fingerprint density at radius 2 is 0.818 bits per heavy atom. The van der Waals surface area contributed by atoms with Crippen molar-refractivity contribution < 1.29 is 34.2 Å². The molecule has 0 atom stereocenters. The molecule has 0 aromatic heterocycles. The van der Waals surface area contributed by atoms with Gasteiger partial charge in [-0.3, -0.25) is 33.8 Å². The van der Waals surface area contributed by atoms with Gasteiger partial charge in [-0.25, -0.2) is 0 Å². The van der Waals surface area contributed by atoms with Crippen LogP contribution in [-0.4, -0.2) is 79.8 Å².